The number of hydrogen-bond donors (Lipinski definition) is 1. The van der Waals surface area contributed by atoms with Gasteiger partial charge >= 0.3 is 0 Å². The second-order valence-corrected chi connectivity index (χ2v) is 6.65. The SMILES string of the molecule is O=C(Nc1nc(-c2ccc(F)cc2)cs1)c1ccc(Cn2cncn2)cc1. The Labute approximate surface area is 158 Å². The third-order valence-electron chi connectivity index (χ3n) is 3.89. The van der Waals surface area contributed by atoms with Crippen LogP contribution < -0.4 is 5.32 Å². The summed E-state index contributed by atoms with van der Waals surface area (Å²) < 4.78 is 14.7. The molecule has 0 bridgehead atoms. The van der Waals surface area contributed by atoms with Crippen LogP contribution in [0.2, 0.25) is 0 Å². The fourth-order valence-corrected chi connectivity index (χ4v) is 3.23. The molecule has 4 aromatic rings. The second kappa shape index (κ2) is 7.46. The molecule has 2 heterocycles. The number of carbonyl (C=O) groups is 1. The minimum atomic E-state index is -0.297. The van der Waals surface area contributed by atoms with E-state index < -0.39 is 0 Å². The first-order valence-electron chi connectivity index (χ1n) is 8.11. The number of carbonyl (C=O) groups excluding carboxylic acids is 1. The number of amides is 1. The van der Waals surface area contributed by atoms with Crippen LogP contribution in [0.15, 0.2) is 66.6 Å². The minimum absolute atomic E-state index is 0.234. The first kappa shape index (κ1) is 17.0. The summed E-state index contributed by atoms with van der Waals surface area (Å²) in [5, 5.41) is 9.16. The number of hydrogen-bond acceptors (Lipinski definition) is 5. The summed E-state index contributed by atoms with van der Waals surface area (Å²) in [5.41, 5.74) is 3.05. The van der Waals surface area contributed by atoms with Gasteiger partial charge in [-0.1, -0.05) is 12.1 Å². The maximum atomic E-state index is 13.0. The highest BCUT2D eigenvalue weighted by atomic mass is 32.1. The molecule has 27 heavy (non-hydrogen) atoms. The van der Waals surface area contributed by atoms with Gasteiger partial charge in [-0.2, -0.15) is 5.10 Å². The molecule has 1 N–H and O–H groups in total. The molecule has 2 aromatic carbocycles. The quantitative estimate of drug-likeness (QED) is 0.572. The van der Waals surface area contributed by atoms with Crippen LogP contribution in [0, 0.1) is 5.82 Å². The third-order valence-corrected chi connectivity index (χ3v) is 4.65. The number of thiazole rings is 1. The van der Waals surface area contributed by atoms with Crippen LogP contribution in [0.5, 0.6) is 0 Å². The molecule has 0 spiro atoms. The van der Waals surface area contributed by atoms with E-state index in [0.29, 0.717) is 22.9 Å². The van der Waals surface area contributed by atoms with Crippen LogP contribution >= 0.6 is 11.3 Å². The zero-order valence-electron chi connectivity index (χ0n) is 14.0. The van der Waals surface area contributed by atoms with Gasteiger partial charge in [0.25, 0.3) is 5.91 Å². The van der Waals surface area contributed by atoms with Crippen molar-refractivity contribution in [2.45, 2.75) is 6.54 Å². The number of anilines is 1. The summed E-state index contributed by atoms with van der Waals surface area (Å²) in [5.74, 6) is -0.530. The van der Waals surface area contributed by atoms with Crippen molar-refractivity contribution >= 4 is 22.4 Å². The van der Waals surface area contributed by atoms with Crippen LogP contribution in [0.4, 0.5) is 9.52 Å². The molecule has 0 fully saturated rings. The number of halogens is 1. The first-order chi connectivity index (χ1) is 13.2. The number of benzene rings is 2. The molecule has 0 unspecified atom stereocenters. The van der Waals surface area contributed by atoms with Gasteiger partial charge in [-0.3, -0.25) is 10.1 Å². The van der Waals surface area contributed by atoms with E-state index in [9.17, 15) is 9.18 Å². The Morgan fingerprint density at radius 1 is 1.11 bits per heavy atom. The van der Waals surface area contributed by atoms with Crippen molar-refractivity contribution in [1.82, 2.24) is 19.7 Å². The fraction of sp³-hybridized carbons (Fsp3) is 0.0526. The molecule has 0 atom stereocenters. The first-order valence-corrected chi connectivity index (χ1v) is 8.99. The number of nitrogens with zero attached hydrogens (tertiary/aromatic N) is 4. The number of nitrogens with one attached hydrogen (secondary N) is 1. The van der Waals surface area contributed by atoms with E-state index >= 15 is 0 Å². The smallest absolute Gasteiger partial charge is 0.257 e. The minimum Gasteiger partial charge on any atom is -0.298 e. The predicted octanol–water partition coefficient (Wildman–Crippen LogP) is 3.84. The fourth-order valence-electron chi connectivity index (χ4n) is 2.52. The van der Waals surface area contributed by atoms with Crippen molar-refractivity contribution in [3.05, 3.63) is 83.5 Å². The summed E-state index contributed by atoms with van der Waals surface area (Å²) in [6.07, 6.45) is 3.12. The van der Waals surface area contributed by atoms with E-state index in [1.165, 1.54) is 29.8 Å². The summed E-state index contributed by atoms with van der Waals surface area (Å²) >= 11 is 1.32. The van der Waals surface area contributed by atoms with Gasteiger partial charge in [0.2, 0.25) is 0 Å². The van der Waals surface area contributed by atoms with Gasteiger partial charge < -0.3 is 0 Å². The third kappa shape index (κ3) is 4.06. The average molecular weight is 379 g/mol. The Balaban J connectivity index is 1.42. The van der Waals surface area contributed by atoms with E-state index in [4.69, 9.17) is 0 Å². The normalized spacial score (nSPS) is 10.7. The molecular weight excluding hydrogens is 365 g/mol. The topological polar surface area (TPSA) is 72.7 Å². The van der Waals surface area contributed by atoms with Crippen molar-refractivity contribution in [1.29, 1.82) is 0 Å². The lowest BCUT2D eigenvalue weighted by molar-refractivity contribution is 0.102. The Bertz CT molecular complexity index is 1040. The highest BCUT2D eigenvalue weighted by molar-refractivity contribution is 7.14. The second-order valence-electron chi connectivity index (χ2n) is 5.79. The van der Waals surface area contributed by atoms with Crippen LogP contribution in [0.3, 0.4) is 0 Å². The molecule has 0 aliphatic rings. The molecular formula is C19H14FN5OS. The van der Waals surface area contributed by atoms with E-state index in [1.807, 2.05) is 17.5 Å². The molecule has 0 aliphatic heterocycles. The molecule has 8 heteroatoms. The molecule has 0 radical (unpaired) electrons. The van der Waals surface area contributed by atoms with E-state index in [1.54, 1.807) is 35.3 Å². The van der Waals surface area contributed by atoms with Crippen LogP contribution in [-0.4, -0.2) is 25.7 Å². The molecule has 1 amide bonds. The van der Waals surface area contributed by atoms with Gasteiger partial charge in [0.15, 0.2) is 5.13 Å². The molecule has 4 rings (SSSR count). The maximum Gasteiger partial charge on any atom is 0.257 e. The van der Waals surface area contributed by atoms with Crippen molar-refractivity contribution in [2.24, 2.45) is 0 Å². The summed E-state index contributed by atoms with van der Waals surface area (Å²) in [7, 11) is 0. The average Bonchev–Trinajstić information content (AvgIpc) is 3.35. The van der Waals surface area contributed by atoms with Crippen molar-refractivity contribution in [2.75, 3.05) is 5.32 Å². The Morgan fingerprint density at radius 2 is 1.89 bits per heavy atom. The zero-order chi connectivity index (χ0) is 18.6. The van der Waals surface area contributed by atoms with Gasteiger partial charge in [0, 0.05) is 16.5 Å². The number of aromatic nitrogens is 4. The molecule has 0 saturated carbocycles. The molecule has 6 nitrogen and oxygen atoms in total. The monoisotopic (exact) mass is 379 g/mol. The van der Waals surface area contributed by atoms with Crippen molar-refractivity contribution < 1.29 is 9.18 Å². The molecule has 134 valence electrons. The summed E-state index contributed by atoms with van der Waals surface area (Å²) in [6.45, 7) is 0.593. The lowest BCUT2D eigenvalue weighted by atomic mass is 10.1. The Kier molecular flexibility index (Phi) is 4.71. The standard InChI is InChI=1S/C19H14FN5OS/c20-16-7-5-14(6-8-16)17-10-27-19(23-17)24-18(26)15-3-1-13(2-4-15)9-25-12-21-11-22-25/h1-8,10-12H,9H2,(H,23,24,26). The number of rotatable bonds is 5. The van der Waals surface area contributed by atoms with Gasteiger partial charge in [-0.15, -0.1) is 11.3 Å². The van der Waals surface area contributed by atoms with E-state index in [0.717, 1.165) is 11.1 Å². The van der Waals surface area contributed by atoms with Crippen LogP contribution in [0.1, 0.15) is 15.9 Å². The maximum absolute atomic E-state index is 13.0. The van der Waals surface area contributed by atoms with Crippen LogP contribution in [-0.2, 0) is 6.54 Å². The summed E-state index contributed by atoms with van der Waals surface area (Å²) in [4.78, 5) is 20.7. The van der Waals surface area contributed by atoms with Crippen molar-refractivity contribution in [3.63, 3.8) is 0 Å². The highest BCUT2D eigenvalue weighted by Crippen LogP contribution is 2.25. The van der Waals surface area contributed by atoms with E-state index in [2.05, 4.69) is 20.4 Å². The predicted molar refractivity (Wildman–Crippen MR) is 101 cm³/mol. The Morgan fingerprint density at radius 3 is 2.59 bits per heavy atom. The molecule has 0 aliphatic carbocycles. The van der Waals surface area contributed by atoms with Gasteiger partial charge in [-0.25, -0.2) is 19.0 Å². The van der Waals surface area contributed by atoms with Gasteiger partial charge in [0.1, 0.15) is 18.5 Å². The highest BCUT2D eigenvalue weighted by Gasteiger charge is 2.10. The van der Waals surface area contributed by atoms with Crippen molar-refractivity contribution in [3.8, 4) is 11.3 Å². The molecule has 2 aromatic heterocycles. The van der Waals surface area contributed by atoms with Gasteiger partial charge in [-0.05, 0) is 42.0 Å². The van der Waals surface area contributed by atoms with Crippen LogP contribution in [0.25, 0.3) is 11.3 Å². The van der Waals surface area contributed by atoms with E-state index in [-0.39, 0.29) is 11.7 Å². The lowest BCUT2D eigenvalue weighted by Crippen LogP contribution is -2.11. The largest absolute Gasteiger partial charge is 0.298 e. The molecule has 0 saturated heterocycles. The Hall–Kier alpha value is -3.39. The summed E-state index contributed by atoms with van der Waals surface area (Å²) in [6, 6.07) is 13.4. The zero-order valence-corrected chi connectivity index (χ0v) is 14.9. The lowest BCUT2D eigenvalue weighted by Gasteiger charge is -2.04. The van der Waals surface area contributed by atoms with Gasteiger partial charge in [0.05, 0.1) is 12.2 Å².